The van der Waals surface area contributed by atoms with E-state index in [4.69, 9.17) is 0 Å². The zero-order valence-corrected chi connectivity index (χ0v) is 10.1. The quantitative estimate of drug-likeness (QED) is 0.797. The summed E-state index contributed by atoms with van der Waals surface area (Å²) in [5, 5.41) is 12.8. The van der Waals surface area contributed by atoms with Gasteiger partial charge in [-0.15, -0.1) is 0 Å². The highest BCUT2D eigenvalue weighted by Crippen LogP contribution is 2.33. The Labute approximate surface area is 97.7 Å². The molecule has 0 saturated heterocycles. The summed E-state index contributed by atoms with van der Waals surface area (Å²) in [6.45, 7) is 4.44. The number of aromatic hydroxyl groups is 1. The molecule has 0 radical (unpaired) electrons. The average molecular weight is 219 g/mol. The summed E-state index contributed by atoms with van der Waals surface area (Å²) in [5.41, 5.74) is 1.24. The normalized spacial score (nSPS) is 19.4. The van der Waals surface area contributed by atoms with E-state index < -0.39 is 0 Å². The molecule has 2 heteroatoms. The lowest BCUT2D eigenvalue weighted by atomic mass is 10.1. The smallest absolute Gasteiger partial charge is 0.115 e. The predicted octanol–water partition coefficient (Wildman–Crippen LogP) is 3.23. The van der Waals surface area contributed by atoms with E-state index in [1.54, 1.807) is 12.1 Å². The molecule has 2 nitrogen and oxygen atoms in total. The molecular weight excluding hydrogens is 198 g/mol. The summed E-state index contributed by atoms with van der Waals surface area (Å²) in [4.78, 5) is 0. The lowest BCUT2D eigenvalue weighted by molar-refractivity contribution is 0.437. The second-order valence-corrected chi connectivity index (χ2v) is 5.06. The summed E-state index contributed by atoms with van der Waals surface area (Å²) in [6.07, 6.45) is 4.13. The van der Waals surface area contributed by atoms with Gasteiger partial charge in [0, 0.05) is 12.1 Å². The van der Waals surface area contributed by atoms with Gasteiger partial charge in [-0.1, -0.05) is 25.0 Å². The highest BCUT2D eigenvalue weighted by atomic mass is 16.3. The number of hydrogen-bond donors (Lipinski definition) is 2. The maximum Gasteiger partial charge on any atom is 0.115 e. The molecule has 16 heavy (non-hydrogen) atoms. The second kappa shape index (κ2) is 4.88. The first kappa shape index (κ1) is 11.5. The van der Waals surface area contributed by atoms with E-state index in [1.807, 2.05) is 12.1 Å². The Morgan fingerprint density at radius 2 is 1.88 bits per heavy atom. The van der Waals surface area contributed by atoms with E-state index in [-0.39, 0.29) is 0 Å². The molecule has 88 valence electrons. The summed E-state index contributed by atoms with van der Waals surface area (Å²) >= 11 is 0. The van der Waals surface area contributed by atoms with Gasteiger partial charge in [0.15, 0.2) is 0 Å². The average Bonchev–Trinajstić information content (AvgIpc) is 3.02. The van der Waals surface area contributed by atoms with Crippen LogP contribution in [0.2, 0.25) is 0 Å². The molecule has 2 N–H and O–H groups in total. The molecule has 1 aromatic carbocycles. The molecule has 0 amide bonds. The zero-order chi connectivity index (χ0) is 11.5. The van der Waals surface area contributed by atoms with Crippen LogP contribution in [0.4, 0.5) is 0 Å². The molecule has 2 rings (SSSR count). The molecule has 1 saturated carbocycles. The summed E-state index contributed by atoms with van der Waals surface area (Å²) in [5.74, 6) is 1.30. The van der Waals surface area contributed by atoms with Crippen LogP contribution in [-0.2, 0) is 0 Å². The highest BCUT2D eigenvalue weighted by molar-refractivity contribution is 5.27. The molecule has 2 unspecified atom stereocenters. The number of phenols is 1. The van der Waals surface area contributed by atoms with Crippen LogP contribution in [-0.4, -0.2) is 11.1 Å². The number of rotatable bonds is 5. The van der Waals surface area contributed by atoms with Crippen molar-refractivity contribution in [2.75, 3.05) is 0 Å². The lowest BCUT2D eigenvalue weighted by Gasteiger charge is -2.20. The second-order valence-electron chi connectivity index (χ2n) is 5.06. The van der Waals surface area contributed by atoms with Gasteiger partial charge in [-0.05, 0) is 43.9 Å². The third-order valence-corrected chi connectivity index (χ3v) is 3.31. The van der Waals surface area contributed by atoms with Crippen LogP contribution in [0.5, 0.6) is 5.75 Å². The van der Waals surface area contributed by atoms with Crippen molar-refractivity contribution in [3.05, 3.63) is 29.8 Å². The standard InChI is InChI=1S/C14H21NO/c1-10(9-12-3-4-12)15-11(2)13-5-7-14(16)8-6-13/h5-8,10-12,15-16H,3-4,9H2,1-2H3. The molecule has 2 atom stereocenters. The van der Waals surface area contributed by atoms with Crippen molar-refractivity contribution in [3.8, 4) is 5.75 Å². The largest absolute Gasteiger partial charge is 0.508 e. The molecule has 1 aliphatic carbocycles. The molecule has 0 heterocycles. The summed E-state index contributed by atoms with van der Waals surface area (Å²) in [6, 6.07) is 8.40. The topological polar surface area (TPSA) is 32.3 Å². The van der Waals surface area contributed by atoms with Crippen LogP contribution >= 0.6 is 0 Å². The number of hydrogen-bond acceptors (Lipinski definition) is 2. The Morgan fingerprint density at radius 1 is 1.25 bits per heavy atom. The Kier molecular flexibility index (Phi) is 3.49. The molecule has 0 aromatic heterocycles. The van der Waals surface area contributed by atoms with Crippen LogP contribution < -0.4 is 5.32 Å². The van der Waals surface area contributed by atoms with Crippen LogP contribution in [0.1, 0.15) is 44.7 Å². The van der Waals surface area contributed by atoms with E-state index in [1.165, 1.54) is 24.8 Å². The molecule has 1 fully saturated rings. The van der Waals surface area contributed by atoms with Crippen LogP contribution in [0.3, 0.4) is 0 Å². The first-order valence-corrected chi connectivity index (χ1v) is 6.20. The number of nitrogens with one attached hydrogen (secondary N) is 1. The van der Waals surface area contributed by atoms with E-state index in [2.05, 4.69) is 19.2 Å². The molecule has 1 aromatic rings. The van der Waals surface area contributed by atoms with E-state index in [0.717, 1.165) is 5.92 Å². The van der Waals surface area contributed by atoms with Gasteiger partial charge in [-0.2, -0.15) is 0 Å². The third kappa shape index (κ3) is 3.24. The van der Waals surface area contributed by atoms with Gasteiger partial charge in [0.05, 0.1) is 0 Å². The fraction of sp³-hybridized carbons (Fsp3) is 0.571. The van der Waals surface area contributed by atoms with E-state index in [0.29, 0.717) is 17.8 Å². The Bertz CT molecular complexity index is 329. The first-order valence-electron chi connectivity index (χ1n) is 6.20. The van der Waals surface area contributed by atoms with Gasteiger partial charge in [0.1, 0.15) is 5.75 Å². The summed E-state index contributed by atoms with van der Waals surface area (Å²) < 4.78 is 0. The molecule has 0 bridgehead atoms. The fourth-order valence-electron chi connectivity index (χ4n) is 2.21. The van der Waals surface area contributed by atoms with Crippen molar-refractivity contribution < 1.29 is 5.11 Å². The van der Waals surface area contributed by atoms with Gasteiger partial charge in [0.25, 0.3) is 0 Å². The van der Waals surface area contributed by atoms with Crippen molar-refractivity contribution >= 4 is 0 Å². The minimum Gasteiger partial charge on any atom is -0.508 e. The van der Waals surface area contributed by atoms with Gasteiger partial charge in [-0.25, -0.2) is 0 Å². The molecule has 0 spiro atoms. The molecule has 0 aliphatic heterocycles. The van der Waals surface area contributed by atoms with Crippen molar-refractivity contribution in [1.82, 2.24) is 5.32 Å². The monoisotopic (exact) mass is 219 g/mol. The van der Waals surface area contributed by atoms with Crippen LogP contribution in [0.15, 0.2) is 24.3 Å². The minimum atomic E-state index is 0.335. The summed E-state index contributed by atoms with van der Waals surface area (Å²) in [7, 11) is 0. The fourth-order valence-corrected chi connectivity index (χ4v) is 2.21. The zero-order valence-electron chi connectivity index (χ0n) is 10.1. The molecule has 1 aliphatic rings. The lowest BCUT2D eigenvalue weighted by Crippen LogP contribution is -2.29. The van der Waals surface area contributed by atoms with E-state index >= 15 is 0 Å². The van der Waals surface area contributed by atoms with Gasteiger partial charge in [0.2, 0.25) is 0 Å². The number of phenolic OH excluding ortho intramolecular Hbond substituents is 1. The Hall–Kier alpha value is -1.02. The Balaban J connectivity index is 1.85. The maximum atomic E-state index is 9.23. The van der Waals surface area contributed by atoms with Crippen LogP contribution in [0, 0.1) is 5.92 Å². The van der Waals surface area contributed by atoms with Crippen molar-refractivity contribution in [3.63, 3.8) is 0 Å². The van der Waals surface area contributed by atoms with Crippen molar-refractivity contribution in [1.29, 1.82) is 0 Å². The van der Waals surface area contributed by atoms with Crippen LogP contribution in [0.25, 0.3) is 0 Å². The third-order valence-electron chi connectivity index (χ3n) is 3.31. The van der Waals surface area contributed by atoms with Gasteiger partial charge in [-0.3, -0.25) is 0 Å². The minimum absolute atomic E-state index is 0.335. The Morgan fingerprint density at radius 3 is 2.44 bits per heavy atom. The maximum absolute atomic E-state index is 9.23. The number of benzene rings is 1. The van der Waals surface area contributed by atoms with Gasteiger partial charge < -0.3 is 10.4 Å². The van der Waals surface area contributed by atoms with Crippen molar-refractivity contribution in [2.24, 2.45) is 5.92 Å². The van der Waals surface area contributed by atoms with Crippen molar-refractivity contribution in [2.45, 2.75) is 45.2 Å². The SMILES string of the molecule is CC(CC1CC1)NC(C)c1ccc(O)cc1. The molecular formula is C14H21NO. The first-order chi connectivity index (χ1) is 7.65. The van der Waals surface area contributed by atoms with Gasteiger partial charge >= 0.3 is 0 Å². The van der Waals surface area contributed by atoms with E-state index in [9.17, 15) is 5.11 Å². The highest BCUT2D eigenvalue weighted by Gasteiger charge is 2.24. The predicted molar refractivity (Wildman–Crippen MR) is 66.5 cm³/mol.